The summed E-state index contributed by atoms with van der Waals surface area (Å²) < 4.78 is 5.51. The maximum Gasteiger partial charge on any atom is 0.276 e. The van der Waals surface area contributed by atoms with Crippen LogP contribution in [0.2, 0.25) is 0 Å². The minimum atomic E-state index is -0.385. The lowest BCUT2D eigenvalue weighted by Gasteiger charge is -2.11. The third-order valence-corrected chi connectivity index (χ3v) is 3.79. The lowest BCUT2D eigenvalue weighted by Crippen LogP contribution is -2.15. The van der Waals surface area contributed by atoms with E-state index in [1.165, 1.54) is 6.92 Å². The number of benzene rings is 2. The third-order valence-electron chi connectivity index (χ3n) is 3.79. The number of ether oxygens (including phenoxy) is 1. The number of para-hydroxylation sites is 2. The fourth-order valence-corrected chi connectivity index (χ4v) is 2.58. The van der Waals surface area contributed by atoms with Crippen molar-refractivity contribution in [2.75, 3.05) is 22.6 Å². The molecule has 8 nitrogen and oxygen atoms in total. The van der Waals surface area contributed by atoms with Crippen LogP contribution < -0.4 is 20.7 Å². The summed E-state index contributed by atoms with van der Waals surface area (Å²) in [7, 11) is 0. The number of carbonyl (C=O) groups is 2. The van der Waals surface area contributed by atoms with Crippen molar-refractivity contribution in [2.45, 2.75) is 13.8 Å². The van der Waals surface area contributed by atoms with E-state index in [0.29, 0.717) is 29.5 Å². The fraction of sp³-hybridized carbons (Fsp3) is 0.143. The monoisotopic (exact) mass is 391 g/mol. The number of rotatable bonds is 7. The molecule has 3 N–H and O–H groups in total. The van der Waals surface area contributed by atoms with Crippen molar-refractivity contribution in [3.63, 3.8) is 0 Å². The van der Waals surface area contributed by atoms with Gasteiger partial charge in [0, 0.05) is 18.3 Å². The molecule has 2 amide bonds. The Morgan fingerprint density at radius 3 is 2.45 bits per heavy atom. The average Bonchev–Trinajstić information content (AvgIpc) is 2.70. The Hall–Kier alpha value is -3.94. The summed E-state index contributed by atoms with van der Waals surface area (Å²) in [5, 5.41) is 16.6. The molecule has 148 valence electrons. The van der Waals surface area contributed by atoms with Crippen LogP contribution in [0.5, 0.6) is 5.75 Å². The number of anilines is 4. The van der Waals surface area contributed by atoms with Crippen molar-refractivity contribution in [1.82, 2.24) is 10.2 Å². The van der Waals surface area contributed by atoms with Crippen molar-refractivity contribution < 1.29 is 14.3 Å². The maximum absolute atomic E-state index is 12.5. The number of hydrogen-bond donors (Lipinski definition) is 3. The van der Waals surface area contributed by atoms with Gasteiger partial charge in [0.1, 0.15) is 5.75 Å². The van der Waals surface area contributed by atoms with Gasteiger partial charge in [0.25, 0.3) is 5.91 Å². The zero-order valence-electron chi connectivity index (χ0n) is 16.1. The number of aromatic nitrogens is 2. The van der Waals surface area contributed by atoms with Gasteiger partial charge in [0.15, 0.2) is 11.5 Å². The Kier molecular flexibility index (Phi) is 6.36. The van der Waals surface area contributed by atoms with Gasteiger partial charge in [-0.15, -0.1) is 10.2 Å². The summed E-state index contributed by atoms with van der Waals surface area (Å²) in [6, 6.07) is 17.6. The average molecular weight is 391 g/mol. The SMILES string of the molecule is CCOc1ccccc1NC(=O)c1ccc(Nc2cccc(NC(C)=O)c2)nn1. The highest BCUT2D eigenvalue weighted by Gasteiger charge is 2.12. The van der Waals surface area contributed by atoms with E-state index in [9.17, 15) is 9.59 Å². The highest BCUT2D eigenvalue weighted by molar-refractivity contribution is 6.03. The van der Waals surface area contributed by atoms with Crippen LogP contribution >= 0.6 is 0 Å². The van der Waals surface area contributed by atoms with E-state index in [4.69, 9.17) is 4.74 Å². The second-order valence-electron chi connectivity index (χ2n) is 6.07. The van der Waals surface area contributed by atoms with E-state index in [-0.39, 0.29) is 17.5 Å². The van der Waals surface area contributed by atoms with Crippen molar-refractivity contribution in [1.29, 1.82) is 0 Å². The summed E-state index contributed by atoms with van der Waals surface area (Å²) in [4.78, 5) is 23.6. The van der Waals surface area contributed by atoms with Gasteiger partial charge in [-0.3, -0.25) is 9.59 Å². The summed E-state index contributed by atoms with van der Waals surface area (Å²) in [5.41, 5.74) is 2.14. The molecule has 0 radical (unpaired) electrons. The third kappa shape index (κ3) is 5.52. The predicted molar refractivity (Wildman–Crippen MR) is 112 cm³/mol. The molecule has 0 atom stereocenters. The highest BCUT2D eigenvalue weighted by atomic mass is 16.5. The quantitative estimate of drug-likeness (QED) is 0.565. The van der Waals surface area contributed by atoms with Gasteiger partial charge in [-0.2, -0.15) is 0 Å². The van der Waals surface area contributed by atoms with Crippen molar-refractivity contribution in [2.24, 2.45) is 0 Å². The van der Waals surface area contributed by atoms with E-state index in [2.05, 4.69) is 26.1 Å². The van der Waals surface area contributed by atoms with E-state index in [1.807, 2.05) is 25.1 Å². The standard InChI is InChI=1S/C21H21N5O3/c1-3-29-19-10-5-4-9-17(19)24-21(28)18-11-12-20(26-25-18)23-16-8-6-7-15(13-16)22-14(2)27/h4-13H,3H2,1-2H3,(H,22,27)(H,23,26)(H,24,28). The molecule has 1 heterocycles. The predicted octanol–water partition coefficient (Wildman–Crippen LogP) is 3.83. The largest absolute Gasteiger partial charge is 0.492 e. The van der Waals surface area contributed by atoms with Crippen LogP contribution in [0, 0.1) is 0 Å². The Labute approximate surface area is 168 Å². The fourth-order valence-electron chi connectivity index (χ4n) is 2.58. The van der Waals surface area contributed by atoms with Gasteiger partial charge in [-0.25, -0.2) is 0 Å². The lowest BCUT2D eigenvalue weighted by atomic mass is 10.2. The number of nitrogens with one attached hydrogen (secondary N) is 3. The van der Waals surface area contributed by atoms with Crippen molar-refractivity contribution >= 4 is 34.7 Å². The number of carbonyl (C=O) groups excluding carboxylic acids is 2. The first-order valence-corrected chi connectivity index (χ1v) is 9.06. The summed E-state index contributed by atoms with van der Waals surface area (Å²) >= 11 is 0. The van der Waals surface area contributed by atoms with Crippen molar-refractivity contribution in [3.8, 4) is 5.75 Å². The highest BCUT2D eigenvalue weighted by Crippen LogP contribution is 2.24. The van der Waals surface area contributed by atoms with Crippen LogP contribution in [0.15, 0.2) is 60.7 Å². The molecular weight excluding hydrogens is 370 g/mol. The Morgan fingerprint density at radius 1 is 0.931 bits per heavy atom. The van der Waals surface area contributed by atoms with Crippen LogP contribution in [0.4, 0.5) is 22.9 Å². The van der Waals surface area contributed by atoms with E-state index >= 15 is 0 Å². The molecule has 0 fully saturated rings. The topological polar surface area (TPSA) is 105 Å². The Morgan fingerprint density at radius 2 is 1.72 bits per heavy atom. The molecule has 0 aliphatic carbocycles. The van der Waals surface area contributed by atoms with Gasteiger partial charge >= 0.3 is 0 Å². The number of hydrogen-bond acceptors (Lipinski definition) is 6. The first-order valence-electron chi connectivity index (χ1n) is 9.06. The molecule has 3 aromatic rings. The minimum absolute atomic E-state index is 0.150. The number of amides is 2. The van der Waals surface area contributed by atoms with Gasteiger partial charge in [-0.1, -0.05) is 18.2 Å². The molecule has 0 saturated heterocycles. The van der Waals surface area contributed by atoms with E-state index in [1.54, 1.807) is 42.5 Å². The smallest absolute Gasteiger partial charge is 0.276 e. The minimum Gasteiger partial charge on any atom is -0.492 e. The van der Waals surface area contributed by atoms with Gasteiger partial charge < -0.3 is 20.7 Å². The molecule has 0 saturated carbocycles. The molecular formula is C21H21N5O3. The summed E-state index contributed by atoms with van der Waals surface area (Å²) in [6.07, 6.45) is 0. The molecule has 29 heavy (non-hydrogen) atoms. The van der Waals surface area contributed by atoms with E-state index < -0.39 is 0 Å². The Bertz CT molecular complexity index is 1010. The van der Waals surface area contributed by atoms with Crippen LogP contribution in [0.1, 0.15) is 24.3 Å². The van der Waals surface area contributed by atoms with Crippen LogP contribution in [0.25, 0.3) is 0 Å². The molecule has 0 bridgehead atoms. The van der Waals surface area contributed by atoms with Gasteiger partial charge in [0.05, 0.1) is 12.3 Å². The maximum atomic E-state index is 12.5. The second kappa shape index (κ2) is 9.32. The molecule has 0 aliphatic heterocycles. The second-order valence-corrected chi connectivity index (χ2v) is 6.07. The molecule has 0 spiro atoms. The zero-order valence-corrected chi connectivity index (χ0v) is 16.1. The van der Waals surface area contributed by atoms with Crippen molar-refractivity contribution in [3.05, 3.63) is 66.4 Å². The lowest BCUT2D eigenvalue weighted by molar-refractivity contribution is -0.114. The molecule has 8 heteroatoms. The van der Waals surface area contributed by atoms with Gasteiger partial charge in [0.2, 0.25) is 5.91 Å². The van der Waals surface area contributed by atoms with Crippen LogP contribution in [0.3, 0.4) is 0 Å². The Balaban J connectivity index is 1.67. The molecule has 0 unspecified atom stereocenters. The first-order chi connectivity index (χ1) is 14.0. The normalized spacial score (nSPS) is 10.1. The van der Waals surface area contributed by atoms with Crippen LogP contribution in [-0.4, -0.2) is 28.6 Å². The zero-order chi connectivity index (χ0) is 20.6. The molecule has 0 aliphatic rings. The van der Waals surface area contributed by atoms with E-state index in [0.717, 1.165) is 5.69 Å². The molecule has 3 rings (SSSR count). The molecule has 2 aromatic carbocycles. The number of nitrogens with zero attached hydrogens (tertiary/aromatic N) is 2. The van der Waals surface area contributed by atoms with Crippen LogP contribution in [-0.2, 0) is 4.79 Å². The first kappa shape index (κ1) is 19.8. The summed E-state index contributed by atoms with van der Waals surface area (Å²) in [6.45, 7) is 3.82. The summed E-state index contributed by atoms with van der Waals surface area (Å²) in [5.74, 6) is 0.525. The molecule has 1 aromatic heterocycles. The van der Waals surface area contributed by atoms with Gasteiger partial charge in [-0.05, 0) is 49.4 Å².